The minimum Gasteiger partial charge on any atom is -0.465 e. The topological polar surface area (TPSA) is 85.4 Å². The van der Waals surface area contributed by atoms with Gasteiger partial charge in [0.05, 0.1) is 20.3 Å². The number of rotatable bonds is 6. The molecule has 4 unspecified atom stereocenters. The molecule has 0 aromatic heterocycles. The second kappa shape index (κ2) is 10.6. The first-order valence-electron chi connectivity index (χ1n) is 11.4. The summed E-state index contributed by atoms with van der Waals surface area (Å²) in [6, 6.07) is -1.15. The van der Waals surface area contributed by atoms with E-state index in [-0.39, 0.29) is 31.5 Å². The van der Waals surface area contributed by atoms with E-state index in [2.05, 4.69) is 0 Å². The maximum atomic E-state index is 14.1. The molecule has 0 bridgehead atoms. The van der Waals surface area contributed by atoms with Crippen LogP contribution in [0.3, 0.4) is 0 Å². The van der Waals surface area contributed by atoms with Crippen LogP contribution < -0.4 is 0 Å². The Hall–Kier alpha value is -1.90. The minimum absolute atomic E-state index is 0.191. The highest BCUT2D eigenvalue weighted by molar-refractivity contribution is 5.81. The molecule has 2 saturated heterocycles. The van der Waals surface area contributed by atoms with Gasteiger partial charge in [0.1, 0.15) is 18.3 Å². The van der Waals surface area contributed by atoms with Gasteiger partial charge in [0, 0.05) is 26.1 Å². The number of likely N-dealkylation sites (tertiary alicyclic amines) is 2. The van der Waals surface area contributed by atoms with Crippen LogP contribution in [-0.2, 0) is 23.8 Å². The monoisotopic (exact) mass is 442 g/mol. The molecule has 3 rings (SSSR count). The molecule has 1 saturated carbocycles. The predicted molar refractivity (Wildman–Crippen MR) is 110 cm³/mol. The summed E-state index contributed by atoms with van der Waals surface area (Å²) in [6.45, 7) is 5.45. The van der Waals surface area contributed by atoms with Gasteiger partial charge in [-0.05, 0) is 57.3 Å². The standard InChI is InChI=1S/C22H35FN2O6/c1-4-30-20(26)18-10-17(23)13-24(18)11-14-6-7-15-12-25(22(28)29-3)19(9-16(15)8-14)21(27)31-5-2/h14-19H,4-13H2,1-3H3/t14?,15?,16?,17-,18-,19?/m0/s1. The Morgan fingerprint density at radius 1 is 0.903 bits per heavy atom. The number of hydrogen-bond acceptors (Lipinski definition) is 7. The Balaban J connectivity index is 1.64. The molecule has 8 nitrogen and oxygen atoms in total. The maximum Gasteiger partial charge on any atom is 0.410 e. The van der Waals surface area contributed by atoms with E-state index in [9.17, 15) is 18.8 Å². The molecular weight excluding hydrogens is 407 g/mol. The molecule has 0 spiro atoms. The molecule has 3 aliphatic rings. The first-order valence-corrected chi connectivity index (χ1v) is 11.4. The van der Waals surface area contributed by atoms with Gasteiger partial charge in [0.25, 0.3) is 0 Å². The number of alkyl halides is 1. The van der Waals surface area contributed by atoms with Crippen molar-refractivity contribution < 1.29 is 33.0 Å². The third-order valence-electron chi connectivity index (χ3n) is 6.95. The molecule has 1 amide bonds. The van der Waals surface area contributed by atoms with Gasteiger partial charge in [-0.25, -0.2) is 14.0 Å². The van der Waals surface area contributed by atoms with Gasteiger partial charge in [-0.2, -0.15) is 0 Å². The first-order chi connectivity index (χ1) is 14.9. The number of hydrogen-bond donors (Lipinski definition) is 0. The molecule has 31 heavy (non-hydrogen) atoms. The summed E-state index contributed by atoms with van der Waals surface area (Å²) < 4.78 is 29.3. The van der Waals surface area contributed by atoms with Crippen LogP contribution >= 0.6 is 0 Å². The summed E-state index contributed by atoms with van der Waals surface area (Å²) in [7, 11) is 1.32. The van der Waals surface area contributed by atoms with Gasteiger partial charge in [0.2, 0.25) is 0 Å². The Bertz CT molecular complexity index is 662. The zero-order valence-electron chi connectivity index (χ0n) is 18.8. The first kappa shape index (κ1) is 23.8. The lowest BCUT2D eigenvalue weighted by atomic mass is 9.69. The Morgan fingerprint density at radius 3 is 2.23 bits per heavy atom. The molecule has 0 aromatic carbocycles. The minimum atomic E-state index is -1.01. The van der Waals surface area contributed by atoms with Gasteiger partial charge in [-0.1, -0.05) is 0 Å². The number of carbonyl (C=O) groups excluding carboxylic acids is 3. The fraction of sp³-hybridized carbons (Fsp3) is 0.864. The predicted octanol–water partition coefficient (Wildman–Crippen LogP) is 2.40. The van der Waals surface area contributed by atoms with Gasteiger partial charge in [0.15, 0.2) is 0 Å². The van der Waals surface area contributed by atoms with Crippen molar-refractivity contribution in [2.24, 2.45) is 17.8 Å². The fourth-order valence-electron chi connectivity index (χ4n) is 5.56. The molecule has 3 fully saturated rings. The highest BCUT2D eigenvalue weighted by Gasteiger charge is 2.46. The number of amides is 1. The average Bonchev–Trinajstić information content (AvgIpc) is 3.12. The van der Waals surface area contributed by atoms with Crippen LogP contribution in [0.5, 0.6) is 0 Å². The molecule has 1 aliphatic carbocycles. The maximum absolute atomic E-state index is 14.1. The molecule has 0 N–H and O–H groups in total. The van der Waals surface area contributed by atoms with Gasteiger partial charge < -0.3 is 14.2 Å². The number of esters is 2. The molecule has 2 aliphatic heterocycles. The lowest BCUT2D eigenvalue weighted by Crippen LogP contribution is -2.55. The number of halogens is 1. The summed E-state index contributed by atoms with van der Waals surface area (Å²) in [5.74, 6) is 0.157. The van der Waals surface area contributed by atoms with Gasteiger partial charge in [-0.15, -0.1) is 0 Å². The normalized spacial score (nSPS) is 33.5. The summed E-state index contributed by atoms with van der Waals surface area (Å²) in [5, 5.41) is 0. The summed E-state index contributed by atoms with van der Waals surface area (Å²) >= 11 is 0. The van der Waals surface area contributed by atoms with Crippen LogP contribution in [0.15, 0.2) is 0 Å². The van der Waals surface area contributed by atoms with Crippen molar-refractivity contribution in [3.63, 3.8) is 0 Å². The molecule has 6 atom stereocenters. The fourth-order valence-corrected chi connectivity index (χ4v) is 5.56. The zero-order valence-corrected chi connectivity index (χ0v) is 18.8. The number of ether oxygens (including phenoxy) is 3. The van der Waals surface area contributed by atoms with Gasteiger partial charge >= 0.3 is 18.0 Å². The number of fused-ring (bicyclic) bond motifs is 1. The Labute approximate surface area is 183 Å². The second-order valence-corrected chi connectivity index (χ2v) is 8.88. The van der Waals surface area contributed by atoms with Crippen molar-refractivity contribution in [3.05, 3.63) is 0 Å². The van der Waals surface area contributed by atoms with Crippen molar-refractivity contribution in [1.82, 2.24) is 9.80 Å². The van der Waals surface area contributed by atoms with Crippen LogP contribution in [0.2, 0.25) is 0 Å². The van der Waals surface area contributed by atoms with Gasteiger partial charge in [-0.3, -0.25) is 14.6 Å². The molecule has 9 heteroatoms. The van der Waals surface area contributed by atoms with Crippen LogP contribution in [0.25, 0.3) is 0 Å². The lowest BCUT2D eigenvalue weighted by molar-refractivity contribution is -0.153. The summed E-state index contributed by atoms with van der Waals surface area (Å²) in [5.41, 5.74) is 0. The third-order valence-corrected chi connectivity index (χ3v) is 6.95. The molecule has 0 aromatic rings. The highest BCUT2D eigenvalue weighted by Crippen LogP contribution is 2.42. The van der Waals surface area contributed by atoms with Crippen LogP contribution in [-0.4, -0.2) is 86.0 Å². The zero-order chi connectivity index (χ0) is 22.5. The number of carbonyl (C=O) groups is 3. The number of nitrogens with zero attached hydrogens (tertiary/aromatic N) is 2. The van der Waals surface area contributed by atoms with E-state index in [1.807, 2.05) is 4.90 Å². The molecule has 2 heterocycles. The quantitative estimate of drug-likeness (QED) is 0.461. The van der Waals surface area contributed by atoms with Crippen molar-refractivity contribution in [1.29, 1.82) is 0 Å². The third kappa shape index (κ3) is 5.48. The lowest BCUT2D eigenvalue weighted by Gasteiger charge is -2.46. The van der Waals surface area contributed by atoms with Crippen LogP contribution in [0, 0.1) is 17.8 Å². The number of methoxy groups -OCH3 is 1. The molecule has 176 valence electrons. The van der Waals surface area contributed by atoms with E-state index in [0.29, 0.717) is 38.0 Å². The molecule has 0 radical (unpaired) electrons. The second-order valence-electron chi connectivity index (χ2n) is 8.88. The van der Waals surface area contributed by atoms with Crippen molar-refractivity contribution in [3.8, 4) is 0 Å². The van der Waals surface area contributed by atoms with Crippen molar-refractivity contribution >= 4 is 18.0 Å². The Kier molecular flexibility index (Phi) is 8.13. The highest BCUT2D eigenvalue weighted by atomic mass is 19.1. The summed E-state index contributed by atoms with van der Waals surface area (Å²) in [6.07, 6.45) is 1.99. The van der Waals surface area contributed by atoms with Crippen molar-refractivity contribution in [2.75, 3.05) is 40.0 Å². The van der Waals surface area contributed by atoms with E-state index in [1.54, 1.807) is 13.8 Å². The van der Waals surface area contributed by atoms with Crippen molar-refractivity contribution in [2.45, 2.75) is 64.2 Å². The van der Waals surface area contributed by atoms with Crippen LogP contribution in [0.1, 0.15) is 46.0 Å². The van der Waals surface area contributed by atoms with E-state index < -0.39 is 30.3 Å². The average molecular weight is 443 g/mol. The van der Waals surface area contributed by atoms with E-state index in [4.69, 9.17) is 14.2 Å². The van der Waals surface area contributed by atoms with E-state index in [0.717, 1.165) is 19.3 Å². The van der Waals surface area contributed by atoms with E-state index in [1.165, 1.54) is 12.0 Å². The van der Waals surface area contributed by atoms with Crippen LogP contribution in [0.4, 0.5) is 9.18 Å². The SMILES string of the molecule is CCOC(=O)C1CC2CC(CN3C[C@@H](F)C[C@H]3C(=O)OCC)CCC2CN1C(=O)OC. The van der Waals surface area contributed by atoms with E-state index >= 15 is 0 Å². The summed E-state index contributed by atoms with van der Waals surface area (Å²) in [4.78, 5) is 40.4. The largest absolute Gasteiger partial charge is 0.465 e. The smallest absolute Gasteiger partial charge is 0.410 e. The number of piperidine rings is 1. The Morgan fingerprint density at radius 2 is 1.58 bits per heavy atom. The molecular formula is C22H35FN2O6.